The molecule has 0 radical (unpaired) electrons. The lowest BCUT2D eigenvalue weighted by Gasteiger charge is -2.20. The number of fused-ring (bicyclic) bond motifs is 15. The molecule has 0 aliphatic rings. The predicted molar refractivity (Wildman–Crippen MR) is 328 cm³/mol. The average molecular weight is 986 g/mol. The van der Waals surface area contributed by atoms with E-state index in [2.05, 4.69) is 273 Å². The third-order valence-electron chi connectivity index (χ3n) is 16.3. The SMILES string of the molecule is C=C(C)C(N=C(/C(C)=C(\C)c1cc(-n2c3cc4ccccc4cc3c3ccc4ccccc4c32)c2oc3ccc4ccccc4c3c2c1)c1ccc2c3ccccc3n(-c3ccccc3)c2c1)c1ccc2ccccc2c1. The molecule has 3 aromatic heterocycles. The molecule has 15 rings (SSSR count). The maximum Gasteiger partial charge on any atom is 0.159 e. The normalized spacial score (nSPS) is 13.2. The highest BCUT2D eigenvalue weighted by Gasteiger charge is 2.25. The van der Waals surface area contributed by atoms with Crippen molar-refractivity contribution >= 4 is 120 Å². The summed E-state index contributed by atoms with van der Waals surface area (Å²) in [5.41, 5.74) is 15.6. The number of nitrogens with zero attached hydrogens (tertiary/aromatic N) is 3. The molecule has 1 unspecified atom stereocenters. The molecule has 0 spiro atoms. The van der Waals surface area contributed by atoms with Gasteiger partial charge in [0.25, 0.3) is 0 Å². The topological polar surface area (TPSA) is 35.4 Å². The molecule has 0 fully saturated rings. The summed E-state index contributed by atoms with van der Waals surface area (Å²) in [6.45, 7) is 11.3. The van der Waals surface area contributed by atoms with Crippen molar-refractivity contribution in [2.45, 2.75) is 26.8 Å². The standard InChI is InChI=1S/C73H51N3O/c1-44(2)70(53-31-30-47-18-8-9-21-50(47)38-53)74-71(54-33-35-60-59-28-16-17-29-64(59)75(65(60)42-54)56-24-6-5-7-25-56)46(4)45(3)55-40-63-69-57-26-14-12-19-48(57)34-37-68(69)77-73(63)67(43-55)76-66-41-52-23-11-10-22-51(52)39-62(66)61-36-32-49-20-13-15-27-58(49)72(61)76/h5-43,70H,1H2,2-4H3/b46-45+,74-71?. The third kappa shape index (κ3) is 7.02. The van der Waals surface area contributed by atoms with Crippen LogP contribution in [-0.4, -0.2) is 14.8 Å². The molecular formula is C73H51N3O. The van der Waals surface area contributed by atoms with Crippen LogP contribution in [0.4, 0.5) is 0 Å². The van der Waals surface area contributed by atoms with E-state index < -0.39 is 0 Å². The molecule has 0 N–H and O–H groups in total. The zero-order valence-electron chi connectivity index (χ0n) is 43.1. The number of aliphatic imine (C=N–C) groups is 1. The first kappa shape index (κ1) is 44.7. The number of allylic oxidation sites excluding steroid dienone is 2. The van der Waals surface area contributed by atoms with E-state index in [0.29, 0.717) is 0 Å². The Morgan fingerprint density at radius 3 is 1.81 bits per heavy atom. The van der Waals surface area contributed by atoms with Crippen molar-refractivity contribution in [1.82, 2.24) is 9.13 Å². The molecule has 3 heterocycles. The fourth-order valence-electron chi connectivity index (χ4n) is 12.5. The highest BCUT2D eigenvalue weighted by Crippen LogP contribution is 2.45. The molecule has 4 heteroatoms. The third-order valence-corrected chi connectivity index (χ3v) is 16.3. The summed E-state index contributed by atoms with van der Waals surface area (Å²) in [4.78, 5) is 5.92. The van der Waals surface area contributed by atoms with Gasteiger partial charge in [0.15, 0.2) is 5.58 Å². The molecule has 4 nitrogen and oxygen atoms in total. The largest absolute Gasteiger partial charge is 0.454 e. The Morgan fingerprint density at radius 1 is 0.429 bits per heavy atom. The van der Waals surface area contributed by atoms with Crippen LogP contribution in [0.3, 0.4) is 0 Å². The van der Waals surface area contributed by atoms with Crippen molar-refractivity contribution in [3.63, 3.8) is 0 Å². The highest BCUT2D eigenvalue weighted by atomic mass is 16.3. The maximum absolute atomic E-state index is 7.22. The van der Waals surface area contributed by atoms with Crippen LogP contribution < -0.4 is 0 Å². The lowest BCUT2D eigenvalue weighted by atomic mass is 9.92. The van der Waals surface area contributed by atoms with E-state index in [4.69, 9.17) is 9.41 Å². The molecule has 0 saturated heterocycles. The van der Waals surface area contributed by atoms with Crippen LogP contribution in [0.2, 0.25) is 0 Å². The number of benzene rings is 12. The molecule has 15 aromatic rings. The Morgan fingerprint density at radius 2 is 1.03 bits per heavy atom. The second-order valence-electron chi connectivity index (χ2n) is 20.9. The van der Waals surface area contributed by atoms with E-state index in [-0.39, 0.29) is 6.04 Å². The fourth-order valence-corrected chi connectivity index (χ4v) is 12.5. The van der Waals surface area contributed by atoms with Gasteiger partial charge in [-0.1, -0.05) is 188 Å². The Balaban J connectivity index is 1.04. The van der Waals surface area contributed by atoms with Gasteiger partial charge in [-0.3, -0.25) is 4.99 Å². The number of hydrogen-bond donors (Lipinski definition) is 0. The number of para-hydroxylation sites is 2. The van der Waals surface area contributed by atoms with Crippen LogP contribution in [0.5, 0.6) is 0 Å². The number of aromatic nitrogens is 2. The van der Waals surface area contributed by atoms with Gasteiger partial charge in [0, 0.05) is 49.0 Å². The molecule has 364 valence electrons. The second-order valence-corrected chi connectivity index (χ2v) is 20.9. The van der Waals surface area contributed by atoms with Gasteiger partial charge in [-0.2, -0.15) is 0 Å². The Bertz CT molecular complexity index is 5040. The molecular weight excluding hydrogens is 935 g/mol. The molecule has 77 heavy (non-hydrogen) atoms. The van der Waals surface area contributed by atoms with Crippen molar-refractivity contribution < 1.29 is 4.42 Å². The van der Waals surface area contributed by atoms with Gasteiger partial charge in [0.1, 0.15) is 5.58 Å². The van der Waals surface area contributed by atoms with E-state index in [0.717, 1.165) is 99.9 Å². The van der Waals surface area contributed by atoms with Crippen molar-refractivity contribution in [2.75, 3.05) is 0 Å². The number of hydrogen-bond acceptors (Lipinski definition) is 2. The lowest BCUT2D eigenvalue weighted by molar-refractivity contribution is 0.666. The number of rotatable bonds is 8. The van der Waals surface area contributed by atoms with Gasteiger partial charge < -0.3 is 13.6 Å². The summed E-state index contributed by atoms with van der Waals surface area (Å²) >= 11 is 0. The molecule has 0 saturated carbocycles. The van der Waals surface area contributed by atoms with Gasteiger partial charge in [-0.25, -0.2) is 0 Å². The zero-order chi connectivity index (χ0) is 51.5. The van der Waals surface area contributed by atoms with Crippen molar-refractivity contribution in [2.24, 2.45) is 4.99 Å². The van der Waals surface area contributed by atoms with Crippen LogP contribution >= 0.6 is 0 Å². The zero-order valence-corrected chi connectivity index (χ0v) is 43.1. The minimum Gasteiger partial charge on any atom is -0.454 e. The predicted octanol–water partition coefficient (Wildman–Crippen LogP) is 20.0. The molecule has 0 aliphatic heterocycles. The number of furan rings is 1. The highest BCUT2D eigenvalue weighted by molar-refractivity contribution is 6.25. The minimum absolute atomic E-state index is 0.323. The molecule has 0 aliphatic carbocycles. The minimum atomic E-state index is -0.323. The Hall–Kier alpha value is -9.77. The van der Waals surface area contributed by atoms with E-state index >= 15 is 0 Å². The summed E-state index contributed by atoms with van der Waals surface area (Å²) < 4.78 is 12.1. The van der Waals surface area contributed by atoms with E-state index in [9.17, 15) is 0 Å². The van der Waals surface area contributed by atoms with Gasteiger partial charge in [0.2, 0.25) is 0 Å². The molecule has 1 atom stereocenters. The molecule has 12 aromatic carbocycles. The first-order valence-electron chi connectivity index (χ1n) is 26.6. The summed E-state index contributed by atoms with van der Waals surface area (Å²) in [7, 11) is 0. The monoisotopic (exact) mass is 985 g/mol. The van der Waals surface area contributed by atoms with E-state index in [1.807, 2.05) is 0 Å². The quantitative estimate of drug-likeness (QED) is 0.110. The van der Waals surface area contributed by atoms with Crippen molar-refractivity contribution in [3.05, 3.63) is 271 Å². The van der Waals surface area contributed by atoms with E-state index in [1.165, 1.54) is 59.2 Å². The summed E-state index contributed by atoms with van der Waals surface area (Å²) in [6, 6.07) is 85.8. The second kappa shape index (κ2) is 17.4. The van der Waals surface area contributed by atoms with Crippen LogP contribution in [0, 0.1) is 0 Å². The Labute approximate surface area is 445 Å². The summed E-state index contributed by atoms with van der Waals surface area (Å²) in [5.74, 6) is 0. The van der Waals surface area contributed by atoms with Crippen molar-refractivity contribution in [1.29, 1.82) is 0 Å². The van der Waals surface area contributed by atoms with Crippen LogP contribution in [0.25, 0.3) is 126 Å². The van der Waals surface area contributed by atoms with Gasteiger partial charge in [-0.05, 0) is 141 Å². The smallest absolute Gasteiger partial charge is 0.159 e. The van der Waals surface area contributed by atoms with E-state index in [1.54, 1.807) is 0 Å². The molecule has 0 bridgehead atoms. The molecule has 0 amide bonds. The maximum atomic E-state index is 7.22. The van der Waals surface area contributed by atoms with Crippen LogP contribution in [-0.2, 0) is 0 Å². The van der Waals surface area contributed by atoms with Crippen LogP contribution in [0.1, 0.15) is 43.5 Å². The van der Waals surface area contributed by atoms with Gasteiger partial charge in [-0.15, -0.1) is 0 Å². The first-order valence-corrected chi connectivity index (χ1v) is 26.6. The lowest BCUT2D eigenvalue weighted by Crippen LogP contribution is -2.10. The summed E-state index contributed by atoms with van der Waals surface area (Å²) in [6.07, 6.45) is 0. The Kier molecular flexibility index (Phi) is 10.1. The van der Waals surface area contributed by atoms with Gasteiger partial charge in [0.05, 0.1) is 39.5 Å². The van der Waals surface area contributed by atoms with Crippen molar-refractivity contribution in [3.8, 4) is 11.4 Å². The fraction of sp³-hybridized carbons (Fsp3) is 0.0548. The van der Waals surface area contributed by atoms with Crippen LogP contribution in [0.15, 0.2) is 264 Å². The average Bonchev–Trinajstić information content (AvgIpc) is 4.34. The summed E-state index contributed by atoms with van der Waals surface area (Å²) in [5, 5.41) is 16.4. The van der Waals surface area contributed by atoms with Gasteiger partial charge >= 0.3 is 0 Å². The first-order chi connectivity index (χ1) is 37.8.